The van der Waals surface area contributed by atoms with Crippen LogP contribution in [-0.4, -0.2) is 6.54 Å². The molecule has 0 aromatic rings. The maximum atomic E-state index is 5.53. The Morgan fingerprint density at radius 3 is 1.57 bits per heavy atom. The Hall–Kier alpha value is -0.0400. The Labute approximate surface area is 90.5 Å². The first kappa shape index (κ1) is 14.0. The van der Waals surface area contributed by atoms with Crippen molar-refractivity contribution < 1.29 is 0 Å². The van der Waals surface area contributed by atoms with Crippen LogP contribution in [-0.2, 0) is 0 Å². The van der Waals surface area contributed by atoms with E-state index in [0.29, 0.717) is 10.8 Å². The van der Waals surface area contributed by atoms with Gasteiger partial charge in [0, 0.05) is 0 Å². The van der Waals surface area contributed by atoms with E-state index >= 15 is 0 Å². The molecule has 0 amide bonds. The van der Waals surface area contributed by atoms with E-state index in [1.807, 2.05) is 0 Å². The van der Waals surface area contributed by atoms with E-state index in [1.54, 1.807) is 0 Å². The molecule has 0 heterocycles. The van der Waals surface area contributed by atoms with Crippen molar-refractivity contribution >= 4 is 0 Å². The summed E-state index contributed by atoms with van der Waals surface area (Å²) in [4.78, 5) is 0. The topological polar surface area (TPSA) is 26.0 Å². The van der Waals surface area contributed by atoms with E-state index in [1.165, 1.54) is 19.3 Å². The van der Waals surface area contributed by atoms with Gasteiger partial charge in [0.2, 0.25) is 0 Å². The molecular weight excluding hydrogens is 170 g/mol. The largest absolute Gasteiger partial charge is 0.330 e. The lowest BCUT2D eigenvalue weighted by molar-refractivity contribution is 0.0903. The van der Waals surface area contributed by atoms with Crippen LogP contribution in [0.5, 0.6) is 0 Å². The average molecular weight is 199 g/mol. The Balaban J connectivity index is 4.28. The SMILES string of the molecule is CC(C)(C)C(CCCCN)C(C)(C)C. The molecule has 2 N–H and O–H groups in total. The van der Waals surface area contributed by atoms with Crippen molar-refractivity contribution in [3.63, 3.8) is 0 Å². The molecule has 0 spiro atoms. The molecule has 0 unspecified atom stereocenters. The average Bonchev–Trinajstić information content (AvgIpc) is 1.92. The lowest BCUT2D eigenvalue weighted by Gasteiger charge is -2.41. The maximum absolute atomic E-state index is 5.53. The molecule has 0 radical (unpaired) electrons. The minimum Gasteiger partial charge on any atom is -0.330 e. The quantitative estimate of drug-likeness (QED) is 0.684. The Morgan fingerprint density at radius 1 is 0.857 bits per heavy atom. The van der Waals surface area contributed by atoms with Gasteiger partial charge in [0.15, 0.2) is 0 Å². The number of hydrogen-bond donors (Lipinski definition) is 1. The molecule has 1 heteroatoms. The molecule has 0 aliphatic carbocycles. The highest BCUT2D eigenvalue weighted by Crippen LogP contribution is 2.42. The number of unbranched alkanes of at least 4 members (excludes halogenated alkanes) is 1. The Bertz CT molecular complexity index is 134. The summed E-state index contributed by atoms with van der Waals surface area (Å²) in [7, 11) is 0. The zero-order valence-corrected chi connectivity index (χ0v) is 11.0. The van der Waals surface area contributed by atoms with Gasteiger partial charge in [-0.15, -0.1) is 0 Å². The van der Waals surface area contributed by atoms with E-state index < -0.39 is 0 Å². The summed E-state index contributed by atoms with van der Waals surface area (Å²) < 4.78 is 0. The van der Waals surface area contributed by atoms with Gasteiger partial charge in [-0.3, -0.25) is 0 Å². The first-order chi connectivity index (χ1) is 6.19. The molecule has 0 rings (SSSR count). The van der Waals surface area contributed by atoms with Crippen molar-refractivity contribution in [3.05, 3.63) is 0 Å². The predicted octanol–water partition coefficient (Wildman–Crippen LogP) is 3.82. The second kappa shape index (κ2) is 5.16. The lowest BCUT2D eigenvalue weighted by Crippen LogP contribution is -2.32. The van der Waals surface area contributed by atoms with Crippen LogP contribution in [0.4, 0.5) is 0 Å². The van der Waals surface area contributed by atoms with E-state index in [0.717, 1.165) is 12.5 Å². The predicted molar refractivity (Wildman–Crippen MR) is 65.3 cm³/mol. The van der Waals surface area contributed by atoms with Crippen LogP contribution in [0, 0.1) is 16.7 Å². The molecular formula is C13H29N. The van der Waals surface area contributed by atoms with Gasteiger partial charge in [0.1, 0.15) is 0 Å². The highest BCUT2D eigenvalue weighted by molar-refractivity contribution is 4.83. The molecule has 0 fully saturated rings. The van der Waals surface area contributed by atoms with Crippen LogP contribution in [0.1, 0.15) is 60.8 Å². The first-order valence-corrected chi connectivity index (χ1v) is 5.89. The first-order valence-electron chi connectivity index (χ1n) is 5.89. The Morgan fingerprint density at radius 2 is 1.29 bits per heavy atom. The van der Waals surface area contributed by atoms with Gasteiger partial charge in [-0.1, -0.05) is 48.0 Å². The summed E-state index contributed by atoms with van der Waals surface area (Å²) in [5.41, 5.74) is 6.35. The van der Waals surface area contributed by atoms with Gasteiger partial charge in [-0.05, 0) is 36.1 Å². The van der Waals surface area contributed by atoms with Crippen molar-refractivity contribution in [1.82, 2.24) is 0 Å². The highest BCUT2D eigenvalue weighted by Gasteiger charge is 2.33. The number of hydrogen-bond acceptors (Lipinski definition) is 1. The van der Waals surface area contributed by atoms with Crippen LogP contribution in [0.3, 0.4) is 0 Å². The van der Waals surface area contributed by atoms with Crippen molar-refractivity contribution in [1.29, 1.82) is 0 Å². The third kappa shape index (κ3) is 4.99. The normalized spacial score (nSPS) is 13.7. The monoisotopic (exact) mass is 199 g/mol. The summed E-state index contributed by atoms with van der Waals surface area (Å²) in [5, 5.41) is 0. The molecule has 0 aromatic carbocycles. The van der Waals surface area contributed by atoms with Crippen LogP contribution >= 0.6 is 0 Å². The molecule has 0 aromatic heterocycles. The van der Waals surface area contributed by atoms with Gasteiger partial charge in [-0.2, -0.15) is 0 Å². The number of nitrogens with two attached hydrogens (primary N) is 1. The zero-order chi connectivity index (χ0) is 11.4. The van der Waals surface area contributed by atoms with Gasteiger partial charge in [0.25, 0.3) is 0 Å². The van der Waals surface area contributed by atoms with Crippen LogP contribution in [0.25, 0.3) is 0 Å². The molecule has 0 atom stereocenters. The maximum Gasteiger partial charge on any atom is -0.00773 e. The van der Waals surface area contributed by atoms with E-state index in [-0.39, 0.29) is 0 Å². The van der Waals surface area contributed by atoms with Crippen molar-refractivity contribution in [2.75, 3.05) is 6.54 Å². The second-order valence-corrected chi connectivity index (χ2v) is 6.57. The van der Waals surface area contributed by atoms with Crippen molar-refractivity contribution in [3.8, 4) is 0 Å². The summed E-state index contributed by atoms with van der Waals surface area (Å²) in [6, 6.07) is 0. The highest BCUT2D eigenvalue weighted by atomic mass is 14.5. The smallest absolute Gasteiger partial charge is 0.00773 e. The van der Waals surface area contributed by atoms with E-state index in [4.69, 9.17) is 5.73 Å². The molecule has 0 aliphatic rings. The van der Waals surface area contributed by atoms with Crippen LogP contribution < -0.4 is 5.73 Å². The van der Waals surface area contributed by atoms with Gasteiger partial charge in [0.05, 0.1) is 0 Å². The van der Waals surface area contributed by atoms with Gasteiger partial charge < -0.3 is 5.73 Å². The van der Waals surface area contributed by atoms with Crippen LogP contribution in [0.15, 0.2) is 0 Å². The fourth-order valence-corrected chi connectivity index (χ4v) is 2.66. The second-order valence-electron chi connectivity index (χ2n) is 6.57. The number of rotatable bonds is 4. The molecule has 0 aliphatic heterocycles. The summed E-state index contributed by atoms with van der Waals surface area (Å²) in [5.74, 6) is 0.779. The zero-order valence-electron chi connectivity index (χ0n) is 11.0. The minimum absolute atomic E-state index is 0.410. The third-order valence-corrected chi connectivity index (χ3v) is 3.04. The molecule has 1 nitrogen and oxygen atoms in total. The summed E-state index contributed by atoms with van der Waals surface area (Å²) >= 11 is 0. The molecule has 0 saturated carbocycles. The standard InChI is InChI=1S/C13H29N/c1-12(2,3)11(13(4,5)6)9-7-8-10-14/h11H,7-10,14H2,1-6H3. The lowest BCUT2D eigenvalue weighted by atomic mass is 9.65. The fourth-order valence-electron chi connectivity index (χ4n) is 2.66. The minimum atomic E-state index is 0.410. The summed E-state index contributed by atoms with van der Waals surface area (Å²) in [6.07, 6.45) is 3.75. The van der Waals surface area contributed by atoms with Crippen LogP contribution in [0.2, 0.25) is 0 Å². The van der Waals surface area contributed by atoms with Gasteiger partial charge in [-0.25, -0.2) is 0 Å². The Kier molecular flexibility index (Phi) is 5.14. The molecule has 0 saturated heterocycles. The van der Waals surface area contributed by atoms with E-state index in [9.17, 15) is 0 Å². The molecule has 86 valence electrons. The van der Waals surface area contributed by atoms with E-state index in [2.05, 4.69) is 41.5 Å². The van der Waals surface area contributed by atoms with Crippen molar-refractivity contribution in [2.24, 2.45) is 22.5 Å². The van der Waals surface area contributed by atoms with Gasteiger partial charge >= 0.3 is 0 Å². The third-order valence-electron chi connectivity index (χ3n) is 3.04. The molecule has 14 heavy (non-hydrogen) atoms. The fraction of sp³-hybridized carbons (Fsp3) is 1.00. The van der Waals surface area contributed by atoms with Crippen molar-refractivity contribution in [2.45, 2.75) is 60.8 Å². The molecule has 0 bridgehead atoms. The summed E-state index contributed by atoms with van der Waals surface area (Å²) in [6.45, 7) is 14.9.